The number of hydrogen-bond acceptors (Lipinski definition) is 8. The summed E-state index contributed by atoms with van der Waals surface area (Å²) in [5.41, 5.74) is 4.09. The van der Waals surface area contributed by atoms with Gasteiger partial charge in [0.1, 0.15) is 33.9 Å². The number of benzene rings is 1. The number of carbonyl (C=O) groups is 1. The molecule has 4 atom stereocenters. The van der Waals surface area contributed by atoms with Gasteiger partial charge in [0.25, 0.3) is 11.9 Å². The van der Waals surface area contributed by atoms with Gasteiger partial charge in [-0.3, -0.25) is 4.79 Å². The third-order valence-electron chi connectivity index (χ3n) is 5.23. The van der Waals surface area contributed by atoms with Crippen LogP contribution in [-0.4, -0.2) is 52.3 Å². The van der Waals surface area contributed by atoms with Crippen LogP contribution in [0.3, 0.4) is 0 Å². The Morgan fingerprint density at radius 1 is 1.34 bits per heavy atom. The number of aromatic nitrogens is 2. The Morgan fingerprint density at radius 2 is 2.16 bits per heavy atom. The van der Waals surface area contributed by atoms with Crippen molar-refractivity contribution in [1.82, 2.24) is 9.97 Å². The van der Waals surface area contributed by atoms with Gasteiger partial charge in [-0.05, 0) is 40.8 Å². The molecule has 0 bridgehead atoms. The van der Waals surface area contributed by atoms with E-state index in [-0.39, 0.29) is 35.5 Å². The summed E-state index contributed by atoms with van der Waals surface area (Å²) < 4.78 is 56.8. The van der Waals surface area contributed by atoms with Gasteiger partial charge in [-0.1, -0.05) is 0 Å². The van der Waals surface area contributed by atoms with Gasteiger partial charge in [-0.25, -0.2) is 28.1 Å². The zero-order valence-corrected chi connectivity index (χ0v) is 18.5. The molecule has 0 aliphatic carbocycles. The second kappa shape index (κ2) is 9.05. The van der Waals surface area contributed by atoms with Crippen LogP contribution in [0, 0.1) is 11.7 Å². The number of fused-ring (bicyclic) bond motifs is 1. The van der Waals surface area contributed by atoms with Gasteiger partial charge in [0.05, 0.1) is 24.9 Å². The molecule has 9 nitrogen and oxygen atoms in total. The van der Waals surface area contributed by atoms with E-state index in [9.17, 15) is 18.0 Å². The summed E-state index contributed by atoms with van der Waals surface area (Å²) in [6.07, 6.45) is 1.57. The number of amidine groups is 1. The maximum Gasteiger partial charge on any atom is 0.283 e. The largest absolute Gasteiger partial charge is 0.458 e. The van der Waals surface area contributed by atoms with Crippen molar-refractivity contribution in [2.24, 2.45) is 16.6 Å². The fourth-order valence-electron chi connectivity index (χ4n) is 3.71. The molecule has 1 saturated heterocycles. The first-order valence-corrected chi connectivity index (χ1v) is 10.6. The lowest BCUT2D eigenvalue weighted by molar-refractivity contribution is 0.0582. The number of anilines is 1. The minimum absolute atomic E-state index is 0.0881. The molecule has 3 heterocycles. The summed E-state index contributed by atoms with van der Waals surface area (Å²) >= 11 is 2.00. The van der Waals surface area contributed by atoms with Gasteiger partial charge < -0.3 is 25.3 Å². The Bertz CT molecular complexity index is 1040. The number of nitrogens with zero attached hydrogens (tertiary/aromatic N) is 3. The summed E-state index contributed by atoms with van der Waals surface area (Å²) in [5.74, 6) is -2.10. The molecule has 1 amide bonds. The quantitative estimate of drug-likeness (QED) is 0.409. The molecule has 4 rings (SSSR count). The van der Waals surface area contributed by atoms with E-state index in [2.05, 4.69) is 25.0 Å². The monoisotopic (exact) mass is 563 g/mol. The molecular formula is C19H17F3IN5O4. The van der Waals surface area contributed by atoms with Crippen molar-refractivity contribution >= 4 is 40.2 Å². The molecule has 0 saturated carbocycles. The first kappa shape index (κ1) is 22.5. The fraction of sp³-hybridized carbons (Fsp3) is 0.368. The van der Waals surface area contributed by atoms with Crippen molar-refractivity contribution in [3.63, 3.8) is 0 Å². The molecular weight excluding hydrogens is 546 g/mol. The number of carbonyl (C=O) groups excluding carboxylic acids is 1. The molecule has 2 aromatic rings. The van der Waals surface area contributed by atoms with Gasteiger partial charge in [-0.15, -0.1) is 0 Å². The highest BCUT2D eigenvalue weighted by Crippen LogP contribution is 2.47. The average Bonchev–Trinajstić information content (AvgIpc) is 3.16. The van der Waals surface area contributed by atoms with Crippen molar-refractivity contribution in [2.45, 2.75) is 15.8 Å². The van der Waals surface area contributed by atoms with Gasteiger partial charge in [0, 0.05) is 11.3 Å². The highest BCUT2D eigenvalue weighted by Gasteiger charge is 2.56. The Hall–Kier alpha value is -2.68. The smallest absolute Gasteiger partial charge is 0.283 e. The van der Waals surface area contributed by atoms with E-state index in [1.165, 1.54) is 12.1 Å². The number of rotatable bonds is 6. The highest BCUT2D eigenvalue weighted by atomic mass is 127. The van der Waals surface area contributed by atoms with Crippen LogP contribution in [0.5, 0.6) is 5.88 Å². The summed E-state index contributed by atoms with van der Waals surface area (Å²) in [5, 5.41) is 2.55. The maximum atomic E-state index is 14.9. The van der Waals surface area contributed by atoms with Gasteiger partial charge in [-0.2, -0.15) is 0 Å². The molecule has 1 aromatic heterocycles. The van der Waals surface area contributed by atoms with Crippen LogP contribution in [-0.2, 0) is 15.0 Å². The Labute approximate surface area is 193 Å². The lowest BCUT2D eigenvalue weighted by Crippen LogP contribution is -2.51. The van der Waals surface area contributed by atoms with Crippen LogP contribution >= 0.6 is 22.6 Å². The number of ether oxygens (including phenoxy) is 3. The predicted molar refractivity (Wildman–Crippen MR) is 114 cm³/mol. The summed E-state index contributed by atoms with van der Waals surface area (Å²) in [6, 6.07) is 3.43. The van der Waals surface area contributed by atoms with Gasteiger partial charge in [0.15, 0.2) is 0 Å². The van der Waals surface area contributed by atoms with Crippen molar-refractivity contribution in [2.75, 3.05) is 25.5 Å². The topological polar surface area (TPSA) is 121 Å². The van der Waals surface area contributed by atoms with Crippen LogP contribution in [0.2, 0.25) is 0 Å². The predicted octanol–water partition coefficient (Wildman–Crippen LogP) is 2.46. The Balaban J connectivity index is 1.65. The summed E-state index contributed by atoms with van der Waals surface area (Å²) in [7, 11) is 0. The molecule has 1 fully saturated rings. The second-order valence-corrected chi connectivity index (χ2v) is 8.25. The average molecular weight is 563 g/mol. The number of nitrogens with two attached hydrogens (primary N) is 1. The van der Waals surface area contributed by atoms with E-state index in [0.29, 0.717) is 0 Å². The first-order valence-electron chi connectivity index (χ1n) is 9.33. The van der Waals surface area contributed by atoms with Crippen LogP contribution < -0.4 is 15.8 Å². The molecule has 1 aromatic carbocycles. The summed E-state index contributed by atoms with van der Waals surface area (Å²) in [4.78, 5) is 24.2. The van der Waals surface area contributed by atoms with E-state index in [1.807, 2.05) is 22.6 Å². The van der Waals surface area contributed by atoms with Crippen LogP contribution in [0.1, 0.15) is 16.1 Å². The molecule has 0 radical (unpaired) electrons. The summed E-state index contributed by atoms with van der Waals surface area (Å²) in [6.45, 7) is -2.04. The number of aliphatic imine (C=N–C) groups is 1. The van der Waals surface area contributed by atoms with Crippen molar-refractivity contribution < 1.29 is 32.2 Å². The van der Waals surface area contributed by atoms with Crippen molar-refractivity contribution in [1.29, 1.82) is 0 Å². The maximum absolute atomic E-state index is 14.9. The lowest BCUT2D eigenvalue weighted by Gasteiger charge is -2.40. The van der Waals surface area contributed by atoms with Gasteiger partial charge in [0.2, 0.25) is 12.7 Å². The SMILES string of the molecule is NC1=N[C@](CF)(c2cc(NC(=O)c3cnc(OCF)cn3)ccc2F)[C@H]2CO[C@H](I)[C@H]2O1. The number of amides is 1. The standard InChI is InChI=1S/C19H17F3IN5O4/c20-7-19(11-6-30-16(23)15(11)32-18(24)28-19)10-3-9(1-2-12(10)22)27-17(29)13-4-26-14(5-25-13)31-8-21/h1-5,11,15-16H,6-8H2,(H2,24,28)(H,27,29)/t11-,15-,16-,19+/m0/s1. The van der Waals surface area contributed by atoms with Crippen LogP contribution in [0.15, 0.2) is 35.6 Å². The first-order chi connectivity index (χ1) is 15.4. The molecule has 170 valence electrons. The van der Waals surface area contributed by atoms with E-state index in [1.54, 1.807) is 0 Å². The minimum atomic E-state index is -1.68. The van der Waals surface area contributed by atoms with Crippen molar-refractivity contribution in [3.05, 3.63) is 47.7 Å². The minimum Gasteiger partial charge on any atom is -0.458 e. The number of hydrogen-bond donors (Lipinski definition) is 2. The molecule has 13 heteroatoms. The third-order valence-corrected chi connectivity index (χ3v) is 6.30. The lowest BCUT2D eigenvalue weighted by atomic mass is 9.76. The molecule has 2 aliphatic rings. The molecule has 3 N–H and O–H groups in total. The third kappa shape index (κ3) is 4.05. The van der Waals surface area contributed by atoms with E-state index in [4.69, 9.17) is 15.2 Å². The Morgan fingerprint density at radius 3 is 2.84 bits per heavy atom. The number of alkyl halides is 3. The van der Waals surface area contributed by atoms with Gasteiger partial charge >= 0.3 is 0 Å². The highest BCUT2D eigenvalue weighted by molar-refractivity contribution is 14.1. The van der Waals surface area contributed by atoms with E-state index < -0.39 is 46.9 Å². The molecule has 0 unspecified atom stereocenters. The molecule has 32 heavy (non-hydrogen) atoms. The number of nitrogens with one attached hydrogen (secondary N) is 1. The van der Waals surface area contributed by atoms with E-state index >= 15 is 0 Å². The molecule has 2 aliphatic heterocycles. The van der Waals surface area contributed by atoms with Crippen LogP contribution in [0.4, 0.5) is 18.9 Å². The Kier molecular flexibility index (Phi) is 6.37. The van der Waals surface area contributed by atoms with E-state index in [0.717, 1.165) is 18.5 Å². The molecule has 0 spiro atoms. The zero-order valence-electron chi connectivity index (χ0n) is 16.3. The van der Waals surface area contributed by atoms with Crippen molar-refractivity contribution in [3.8, 4) is 5.88 Å². The number of halogens is 4. The normalized spacial score (nSPS) is 26.6. The zero-order chi connectivity index (χ0) is 22.9. The second-order valence-electron chi connectivity index (χ2n) is 7.02. The fourth-order valence-corrected chi connectivity index (χ4v) is 4.57. The van der Waals surface area contributed by atoms with Crippen LogP contribution in [0.25, 0.3) is 0 Å².